The minimum absolute atomic E-state index is 0.0829. The van der Waals surface area contributed by atoms with Crippen molar-refractivity contribution in [3.8, 4) is 22.5 Å². The summed E-state index contributed by atoms with van der Waals surface area (Å²) < 4.78 is 0. The second kappa shape index (κ2) is 13.1. The van der Waals surface area contributed by atoms with Gasteiger partial charge >= 0.3 is 0 Å². The highest BCUT2D eigenvalue weighted by molar-refractivity contribution is 6.30. The second-order valence-electron chi connectivity index (χ2n) is 10.8. The van der Waals surface area contributed by atoms with Crippen LogP contribution in [0.2, 0.25) is 5.02 Å². The fourth-order valence-corrected chi connectivity index (χ4v) is 5.35. The Labute approximate surface area is 242 Å². The molecular formula is C34H37ClN4O. The molecule has 0 radical (unpaired) electrons. The molecule has 1 N–H and O–H groups in total. The van der Waals surface area contributed by atoms with Crippen molar-refractivity contribution >= 4 is 29.0 Å². The molecule has 1 atom stereocenters. The van der Waals surface area contributed by atoms with E-state index in [1.165, 1.54) is 5.56 Å². The summed E-state index contributed by atoms with van der Waals surface area (Å²) in [6.45, 7) is 6.27. The first-order valence-electron chi connectivity index (χ1n) is 14.3. The Balaban J connectivity index is 1.27. The van der Waals surface area contributed by atoms with Crippen LogP contribution in [0, 0.1) is 6.92 Å². The third kappa shape index (κ3) is 6.89. The molecule has 0 spiro atoms. The first-order valence-corrected chi connectivity index (χ1v) is 14.7. The number of rotatable bonds is 10. The van der Waals surface area contributed by atoms with Crippen molar-refractivity contribution in [1.82, 2.24) is 9.97 Å². The number of carbonyl (C=O) groups excluding carboxylic acids is 1. The number of hydrogen-bond acceptors (Lipinski definition) is 4. The fraction of sp³-hybridized carbons (Fsp3) is 0.324. The van der Waals surface area contributed by atoms with Crippen molar-refractivity contribution in [2.24, 2.45) is 0 Å². The van der Waals surface area contributed by atoms with Crippen LogP contribution in [0.15, 0.2) is 78.9 Å². The first kappa shape index (κ1) is 27.9. The van der Waals surface area contributed by atoms with Gasteiger partial charge in [0.1, 0.15) is 0 Å². The van der Waals surface area contributed by atoms with Crippen LogP contribution in [-0.4, -0.2) is 29.0 Å². The quantitative estimate of drug-likeness (QED) is 0.200. The molecule has 40 heavy (non-hydrogen) atoms. The summed E-state index contributed by atoms with van der Waals surface area (Å²) in [6.07, 6.45) is 5.69. The van der Waals surface area contributed by atoms with E-state index in [9.17, 15) is 4.79 Å². The molecule has 1 amide bonds. The Bertz CT molecular complexity index is 1420. The molecular weight excluding hydrogens is 516 g/mol. The summed E-state index contributed by atoms with van der Waals surface area (Å²) in [4.78, 5) is 25.2. The maximum atomic E-state index is 12.2. The average Bonchev–Trinajstić information content (AvgIpc) is 2.97. The standard InChI is InChI=1S/C34H37ClN4O/c1-24-13-15-26(16-14-24)32-33(27-17-19-28(35)20-18-27)38-34-31(37-32)25(2)21-23-39(34)22-9-4-3-8-12-30(40)36-29-10-6-5-7-11-29/h5-7,10-11,13-20,25H,3-4,8-9,12,21-23H2,1-2H3,(H,36,40). The first-order chi connectivity index (χ1) is 19.5. The highest BCUT2D eigenvalue weighted by atomic mass is 35.5. The summed E-state index contributed by atoms with van der Waals surface area (Å²) in [5.41, 5.74) is 7.06. The Kier molecular flexibility index (Phi) is 9.12. The molecule has 4 aromatic rings. The van der Waals surface area contributed by atoms with Gasteiger partial charge in [0.2, 0.25) is 5.91 Å². The van der Waals surface area contributed by atoms with Gasteiger partial charge in [-0.05, 0) is 50.5 Å². The minimum Gasteiger partial charge on any atom is -0.355 e. The summed E-state index contributed by atoms with van der Waals surface area (Å²) in [5.74, 6) is 1.44. The van der Waals surface area contributed by atoms with Crippen LogP contribution in [-0.2, 0) is 4.79 Å². The van der Waals surface area contributed by atoms with Crippen LogP contribution in [0.3, 0.4) is 0 Å². The van der Waals surface area contributed by atoms with Crippen molar-refractivity contribution in [3.05, 3.63) is 95.1 Å². The second-order valence-corrected chi connectivity index (χ2v) is 11.2. The molecule has 206 valence electrons. The average molecular weight is 553 g/mol. The van der Waals surface area contributed by atoms with E-state index in [0.29, 0.717) is 17.4 Å². The van der Waals surface area contributed by atoms with E-state index in [4.69, 9.17) is 21.6 Å². The largest absolute Gasteiger partial charge is 0.355 e. The van der Waals surface area contributed by atoms with Gasteiger partial charge in [-0.2, -0.15) is 0 Å². The number of aromatic nitrogens is 2. The predicted octanol–water partition coefficient (Wildman–Crippen LogP) is 8.68. The maximum Gasteiger partial charge on any atom is 0.224 e. The molecule has 1 unspecified atom stereocenters. The number of amides is 1. The fourth-order valence-electron chi connectivity index (χ4n) is 5.22. The van der Waals surface area contributed by atoms with Gasteiger partial charge in [-0.1, -0.05) is 91.5 Å². The molecule has 5 rings (SSSR count). The molecule has 1 aliphatic rings. The molecule has 0 saturated carbocycles. The van der Waals surface area contributed by atoms with Gasteiger partial charge in [-0.25, -0.2) is 9.97 Å². The van der Waals surface area contributed by atoms with Gasteiger partial charge in [0, 0.05) is 47.3 Å². The van der Waals surface area contributed by atoms with Crippen molar-refractivity contribution < 1.29 is 4.79 Å². The van der Waals surface area contributed by atoms with Gasteiger partial charge in [-0.3, -0.25) is 4.79 Å². The minimum atomic E-state index is 0.0829. The van der Waals surface area contributed by atoms with Crippen LogP contribution in [0.4, 0.5) is 11.5 Å². The van der Waals surface area contributed by atoms with Crippen molar-refractivity contribution in [1.29, 1.82) is 0 Å². The number of fused-ring (bicyclic) bond motifs is 1. The lowest BCUT2D eigenvalue weighted by Crippen LogP contribution is -2.33. The summed E-state index contributed by atoms with van der Waals surface area (Å²) >= 11 is 6.21. The molecule has 0 saturated heterocycles. The van der Waals surface area contributed by atoms with Gasteiger partial charge < -0.3 is 10.2 Å². The normalized spacial score (nSPS) is 14.6. The Morgan fingerprint density at radius 2 is 1.52 bits per heavy atom. The number of nitrogens with one attached hydrogen (secondary N) is 1. The van der Waals surface area contributed by atoms with E-state index in [0.717, 1.165) is 84.9 Å². The van der Waals surface area contributed by atoms with E-state index < -0.39 is 0 Å². The van der Waals surface area contributed by atoms with Crippen LogP contribution < -0.4 is 10.2 Å². The zero-order chi connectivity index (χ0) is 27.9. The van der Waals surface area contributed by atoms with E-state index >= 15 is 0 Å². The summed E-state index contributed by atoms with van der Waals surface area (Å²) in [7, 11) is 0. The number of aryl methyl sites for hydroxylation is 1. The Morgan fingerprint density at radius 3 is 2.25 bits per heavy atom. The number of hydrogen-bond donors (Lipinski definition) is 1. The molecule has 1 aromatic heterocycles. The molecule has 0 bridgehead atoms. The number of carbonyl (C=O) groups is 1. The topological polar surface area (TPSA) is 58.1 Å². The number of unbranched alkanes of at least 4 members (excludes halogenated alkanes) is 3. The van der Waals surface area contributed by atoms with Crippen molar-refractivity contribution in [2.45, 2.75) is 58.3 Å². The zero-order valence-corrected chi connectivity index (χ0v) is 24.1. The molecule has 0 fully saturated rings. The zero-order valence-electron chi connectivity index (χ0n) is 23.4. The van der Waals surface area contributed by atoms with E-state index in [2.05, 4.69) is 48.3 Å². The Hall–Kier alpha value is -3.70. The highest BCUT2D eigenvalue weighted by Gasteiger charge is 2.28. The van der Waals surface area contributed by atoms with E-state index in [1.807, 2.05) is 54.6 Å². The molecule has 6 heteroatoms. The maximum absolute atomic E-state index is 12.2. The SMILES string of the molecule is Cc1ccc(-c2nc3c(nc2-c2ccc(Cl)cc2)N(CCCCCCC(=O)Nc2ccccc2)CCC3C)cc1. The summed E-state index contributed by atoms with van der Waals surface area (Å²) in [6, 6.07) is 26.1. The van der Waals surface area contributed by atoms with Crippen molar-refractivity contribution in [3.63, 3.8) is 0 Å². The lowest BCUT2D eigenvalue weighted by molar-refractivity contribution is -0.116. The monoisotopic (exact) mass is 552 g/mol. The van der Waals surface area contributed by atoms with Crippen LogP contribution >= 0.6 is 11.6 Å². The lowest BCUT2D eigenvalue weighted by Gasteiger charge is -2.33. The third-order valence-electron chi connectivity index (χ3n) is 7.58. The van der Waals surface area contributed by atoms with E-state index in [-0.39, 0.29) is 5.91 Å². The molecule has 2 heterocycles. The van der Waals surface area contributed by atoms with E-state index in [1.54, 1.807) is 0 Å². The summed E-state index contributed by atoms with van der Waals surface area (Å²) in [5, 5.41) is 3.68. The van der Waals surface area contributed by atoms with Crippen LogP contribution in [0.1, 0.15) is 62.6 Å². The number of para-hydroxylation sites is 1. The smallest absolute Gasteiger partial charge is 0.224 e. The molecule has 3 aromatic carbocycles. The highest BCUT2D eigenvalue weighted by Crippen LogP contribution is 2.38. The van der Waals surface area contributed by atoms with Crippen LogP contribution in [0.5, 0.6) is 0 Å². The van der Waals surface area contributed by atoms with Crippen LogP contribution in [0.25, 0.3) is 22.5 Å². The van der Waals surface area contributed by atoms with Gasteiger partial charge in [0.15, 0.2) is 5.82 Å². The van der Waals surface area contributed by atoms with Gasteiger partial charge in [0.05, 0.1) is 17.1 Å². The molecule has 0 aliphatic carbocycles. The number of nitrogens with zero attached hydrogens (tertiary/aromatic N) is 3. The molecule has 1 aliphatic heterocycles. The number of benzene rings is 3. The molecule has 5 nitrogen and oxygen atoms in total. The number of anilines is 2. The van der Waals surface area contributed by atoms with Gasteiger partial charge in [-0.15, -0.1) is 0 Å². The predicted molar refractivity (Wildman–Crippen MR) is 166 cm³/mol. The van der Waals surface area contributed by atoms with Crippen molar-refractivity contribution in [2.75, 3.05) is 23.3 Å². The number of halogens is 1. The van der Waals surface area contributed by atoms with Gasteiger partial charge in [0.25, 0.3) is 0 Å². The Morgan fingerprint density at radius 1 is 0.875 bits per heavy atom. The third-order valence-corrected chi connectivity index (χ3v) is 7.84. The lowest BCUT2D eigenvalue weighted by atomic mass is 9.96.